The first-order valence-electron chi connectivity index (χ1n) is 6.12. The molecule has 108 valence electrons. The molecule has 0 radical (unpaired) electrons. The Bertz CT molecular complexity index is 780. The highest BCUT2D eigenvalue weighted by atomic mass is 35.5. The van der Waals surface area contributed by atoms with E-state index in [9.17, 15) is 8.42 Å². The third-order valence-electron chi connectivity index (χ3n) is 2.90. The van der Waals surface area contributed by atoms with E-state index in [4.69, 9.17) is 16.9 Å². The highest BCUT2D eigenvalue weighted by molar-refractivity contribution is 7.92. The molecule has 0 saturated heterocycles. The topological polar surface area (TPSA) is 61.2 Å². The van der Waals surface area contributed by atoms with Gasteiger partial charge in [-0.25, -0.2) is 8.42 Å². The van der Waals surface area contributed by atoms with Gasteiger partial charge in [-0.15, -0.1) is 0 Å². The van der Waals surface area contributed by atoms with Crippen molar-refractivity contribution in [3.8, 4) is 6.07 Å². The molecule has 0 atom stereocenters. The summed E-state index contributed by atoms with van der Waals surface area (Å²) in [4.78, 5) is 0. The van der Waals surface area contributed by atoms with Gasteiger partial charge < -0.3 is 0 Å². The fourth-order valence-corrected chi connectivity index (χ4v) is 2.89. The van der Waals surface area contributed by atoms with Crippen molar-refractivity contribution in [3.05, 3.63) is 64.7 Å². The van der Waals surface area contributed by atoms with Crippen LogP contribution in [0.3, 0.4) is 0 Å². The number of anilines is 1. The van der Waals surface area contributed by atoms with Gasteiger partial charge >= 0.3 is 0 Å². The average Bonchev–Trinajstić information content (AvgIpc) is 2.45. The van der Waals surface area contributed by atoms with E-state index in [0.29, 0.717) is 16.3 Å². The molecule has 0 aromatic heterocycles. The lowest BCUT2D eigenvalue weighted by Crippen LogP contribution is -2.29. The number of sulfonamides is 1. The monoisotopic (exact) mass is 320 g/mol. The fraction of sp³-hybridized carbons (Fsp3) is 0.133. The van der Waals surface area contributed by atoms with Crippen LogP contribution in [-0.4, -0.2) is 14.7 Å². The molecular weight excluding hydrogens is 308 g/mol. The maximum Gasteiger partial charge on any atom is 0.232 e. The zero-order valence-electron chi connectivity index (χ0n) is 11.3. The van der Waals surface area contributed by atoms with Gasteiger partial charge in [0.1, 0.15) is 0 Å². The van der Waals surface area contributed by atoms with Crippen molar-refractivity contribution in [3.63, 3.8) is 0 Å². The summed E-state index contributed by atoms with van der Waals surface area (Å²) < 4.78 is 25.3. The summed E-state index contributed by atoms with van der Waals surface area (Å²) in [5, 5.41) is 9.53. The molecule has 0 unspecified atom stereocenters. The Balaban J connectivity index is 2.40. The number of nitriles is 1. The highest BCUT2D eigenvalue weighted by Crippen LogP contribution is 2.22. The molecule has 2 aromatic rings. The van der Waals surface area contributed by atoms with E-state index in [0.717, 1.165) is 11.8 Å². The van der Waals surface area contributed by atoms with Crippen molar-refractivity contribution < 1.29 is 8.42 Å². The Morgan fingerprint density at radius 2 is 1.86 bits per heavy atom. The minimum absolute atomic E-state index is 0.185. The summed E-state index contributed by atoms with van der Waals surface area (Å²) in [6.45, 7) is 0.185. The van der Waals surface area contributed by atoms with Gasteiger partial charge in [-0.3, -0.25) is 4.31 Å². The van der Waals surface area contributed by atoms with Gasteiger partial charge in [0.25, 0.3) is 0 Å². The van der Waals surface area contributed by atoms with E-state index in [2.05, 4.69) is 0 Å². The van der Waals surface area contributed by atoms with E-state index >= 15 is 0 Å². The first-order chi connectivity index (χ1) is 9.90. The van der Waals surface area contributed by atoms with Crippen LogP contribution in [-0.2, 0) is 16.6 Å². The van der Waals surface area contributed by atoms with Crippen molar-refractivity contribution in [2.75, 3.05) is 10.6 Å². The van der Waals surface area contributed by atoms with Gasteiger partial charge in [0.15, 0.2) is 0 Å². The minimum atomic E-state index is -3.46. The summed E-state index contributed by atoms with van der Waals surface area (Å²) in [6.07, 6.45) is 1.14. The lowest BCUT2D eigenvalue weighted by atomic mass is 10.2. The molecule has 21 heavy (non-hydrogen) atoms. The zero-order valence-corrected chi connectivity index (χ0v) is 12.9. The second-order valence-corrected chi connectivity index (χ2v) is 6.90. The molecule has 6 heteroatoms. The first kappa shape index (κ1) is 15.4. The van der Waals surface area contributed by atoms with Crippen LogP contribution in [0, 0.1) is 11.3 Å². The van der Waals surface area contributed by atoms with Crippen molar-refractivity contribution in [1.29, 1.82) is 5.26 Å². The SMILES string of the molecule is CS(=O)(=O)N(Cc1ccc(Cl)cc1)c1cccc(C#N)c1. The Morgan fingerprint density at radius 1 is 1.19 bits per heavy atom. The quantitative estimate of drug-likeness (QED) is 0.869. The van der Waals surface area contributed by atoms with E-state index in [1.54, 1.807) is 48.5 Å². The third-order valence-corrected chi connectivity index (χ3v) is 4.30. The summed E-state index contributed by atoms with van der Waals surface area (Å²) in [5.41, 5.74) is 1.69. The molecule has 0 saturated carbocycles. The Kier molecular flexibility index (Phi) is 4.51. The maximum absolute atomic E-state index is 12.0. The van der Waals surface area contributed by atoms with Crippen molar-refractivity contribution >= 4 is 27.3 Å². The molecule has 0 aliphatic heterocycles. The number of rotatable bonds is 4. The second-order valence-electron chi connectivity index (χ2n) is 4.56. The Morgan fingerprint density at radius 3 is 2.43 bits per heavy atom. The largest absolute Gasteiger partial charge is 0.266 e. The van der Waals surface area contributed by atoms with E-state index in [1.165, 1.54) is 4.31 Å². The van der Waals surface area contributed by atoms with E-state index < -0.39 is 10.0 Å². The molecule has 2 aromatic carbocycles. The number of benzene rings is 2. The number of halogens is 1. The van der Waals surface area contributed by atoms with Gasteiger partial charge in [0.05, 0.1) is 30.1 Å². The summed E-state index contributed by atoms with van der Waals surface area (Å²) >= 11 is 5.83. The maximum atomic E-state index is 12.0. The van der Waals surface area contributed by atoms with Crippen LogP contribution in [0.2, 0.25) is 5.02 Å². The second kappa shape index (κ2) is 6.17. The van der Waals surface area contributed by atoms with Gasteiger partial charge in [0, 0.05) is 5.02 Å². The van der Waals surface area contributed by atoms with Crippen LogP contribution in [0.5, 0.6) is 0 Å². The lowest BCUT2D eigenvalue weighted by Gasteiger charge is -2.22. The Hall–Kier alpha value is -2.03. The van der Waals surface area contributed by atoms with E-state index in [-0.39, 0.29) is 6.54 Å². The van der Waals surface area contributed by atoms with Gasteiger partial charge in [-0.1, -0.05) is 29.8 Å². The van der Waals surface area contributed by atoms with Crippen LogP contribution in [0.4, 0.5) is 5.69 Å². The molecule has 0 N–H and O–H groups in total. The molecule has 0 heterocycles. The highest BCUT2D eigenvalue weighted by Gasteiger charge is 2.18. The minimum Gasteiger partial charge on any atom is -0.266 e. The predicted octanol–water partition coefficient (Wildman–Crippen LogP) is 3.18. The van der Waals surface area contributed by atoms with Crippen molar-refractivity contribution in [2.24, 2.45) is 0 Å². The van der Waals surface area contributed by atoms with Gasteiger partial charge in [0.2, 0.25) is 10.0 Å². The molecule has 4 nitrogen and oxygen atoms in total. The molecule has 0 bridgehead atoms. The van der Waals surface area contributed by atoms with Gasteiger partial charge in [-0.05, 0) is 35.9 Å². The molecule has 0 aliphatic carbocycles. The van der Waals surface area contributed by atoms with Crippen LogP contribution in [0.15, 0.2) is 48.5 Å². The van der Waals surface area contributed by atoms with Crippen LogP contribution in [0.25, 0.3) is 0 Å². The molecule has 0 spiro atoms. The number of hydrogen-bond acceptors (Lipinski definition) is 3. The standard InChI is InChI=1S/C15H13ClN2O2S/c1-21(19,20)18(11-12-5-7-14(16)8-6-12)15-4-2-3-13(9-15)10-17/h2-9H,11H2,1H3. The first-order valence-corrected chi connectivity index (χ1v) is 8.35. The van der Waals surface area contributed by atoms with Gasteiger partial charge in [-0.2, -0.15) is 5.26 Å². The molecule has 0 amide bonds. The average molecular weight is 321 g/mol. The normalized spacial score (nSPS) is 10.9. The lowest BCUT2D eigenvalue weighted by molar-refractivity contribution is 0.596. The predicted molar refractivity (Wildman–Crippen MR) is 83.6 cm³/mol. The molecule has 2 rings (SSSR count). The fourth-order valence-electron chi connectivity index (χ4n) is 1.89. The van der Waals surface area contributed by atoms with Crippen molar-refractivity contribution in [2.45, 2.75) is 6.54 Å². The van der Waals surface area contributed by atoms with Crippen LogP contribution in [0.1, 0.15) is 11.1 Å². The Labute approximate surface area is 129 Å². The van der Waals surface area contributed by atoms with Crippen LogP contribution < -0.4 is 4.31 Å². The summed E-state index contributed by atoms with van der Waals surface area (Å²) in [7, 11) is -3.46. The number of hydrogen-bond donors (Lipinski definition) is 0. The van der Waals surface area contributed by atoms with E-state index in [1.807, 2.05) is 6.07 Å². The van der Waals surface area contributed by atoms with Crippen LogP contribution >= 0.6 is 11.6 Å². The zero-order chi connectivity index (χ0) is 15.5. The van der Waals surface area contributed by atoms with Crippen molar-refractivity contribution in [1.82, 2.24) is 0 Å². The third kappa shape index (κ3) is 3.97. The summed E-state index contributed by atoms with van der Waals surface area (Å²) in [5.74, 6) is 0. The summed E-state index contributed by atoms with van der Waals surface area (Å²) in [6, 6.07) is 15.5. The molecule has 0 aliphatic rings. The molecule has 0 fully saturated rings. The molecular formula is C15H13ClN2O2S. The smallest absolute Gasteiger partial charge is 0.232 e. The number of nitrogens with zero attached hydrogens (tertiary/aromatic N) is 2.